The van der Waals surface area contributed by atoms with Gasteiger partial charge in [0, 0.05) is 19.0 Å². The van der Waals surface area contributed by atoms with E-state index in [1.807, 2.05) is 57.2 Å². The number of carbonyl (C=O) groups excluding carboxylic acids is 1. The predicted octanol–water partition coefficient (Wildman–Crippen LogP) is 4.05. The first kappa shape index (κ1) is 17.8. The van der Waals surface area contributed by atoms with Crippen LogP contribution in [0.2, 0.25) is 0 Å². The normalized spacial score (nSPS) is 11.0. The van der Waals surface area contributed by atoms with E-state index in [9.17, 15) is 4.79 Å². The zero-order valence-electron chi connectivity index (χ0n) is 14.9. The Morgan fingerprint density at radius 3 is 2.46 bits per heavy atom. The molecule has 1 heterocycles. The van der Waals surface area contributed by atoms with E-state index in [1.54, 1.807) is 20.4 Å². The number of nitrogens with zero attached hydrogens (tertiary/aromatic N) is 2. The lowest BCUT2D eigenvalue weighted by atomic mass is 10.1. The number of hydrogen-bond donors (Lipinski definition) is 0. The monoisotopic (exact) mass is 328 g/mol. The number of anilines is 1. The fraction of sp³-hybridized carbons (Fsp3) is 0.368. The molecule has 1 amide bonds. The Morgan fingerprint density at radius 2 is 1.88 bits per heavy atom. The number of pyridine rings is 1. The van der Waals surface area contributed by atoms with Crippen molar-refractivity contribution in [3.05, 3.63) is 53.7 Å². The first-order valence-electron chi connectivity index (χ1n) is 7.83. The van der Waals surface area contributed by atoms with E-state index in [0.29, 0.717) is 18.0 Å². The number of methoxy groups -OCH3 is 1. The molecular formula is C19H24N2O3. The number of rotatable bonds is 4. The van der Waals surface area contributed by atoms with Crippen molar-refractivity contribution in [2.75, 3.05) is 19.1 Å². The topological polar surface area (TPSA) is 51.7 Å². The molecule has 1 aromatic carbocycles. The molecule has 0 saturated heterocycles. The molecule has 0 aliphatic rings. The van der Waals surface area contributed by atoms with Crippen molar-refractivity contribution in [1.29, 1.82) is 0 Å². The Balaban J connectivity index is 2.26. The van der Waals surface area contributed by atoms with Crippen molar-refractivity contribution >= 4 is 11.8 Å². The molecule has 0 spiro atoms. The Hall–Kier alpha value is -2.56. The summed E-state index contributed by atoms with van der Waals surface area (Å²) >= 11 is 0. The maximum absolute atomic E-state index is 12.2. The minimum atomic E-state index is -0.544. The van der Waals surface area contributed by atoms with Gasteiger partial charge in [0.1, 0.15) is 5.60 Å². The minimum Gasteiger partial charge on any atom is -0.481 e. The molecule has 5 heteroatoms. The number of benzene rings is 1. The van der Waals surface area contributed by atoms with E-state index in [1.165, 1.54) is 4.90 Å². The molecule has 24 heavy (non-hydrogen) atoms. The van der Waals surface area contributed by atoms with Crippen molar-refractivity contribution in [3.63, 3.8) is 0 Å². The standard InChI is InChI=1S/C19H24N2O3/c1-19(2,3)24-18(22)21(4)16-12-15(17(23-5)20-13-16)11-14-9-7-6-8-10-14/h6-10,12-13H,11H2,1-5H3. The van der Waals surface area contributed by atoms with Gasteiger partial charge in [-0.2, -0.15) is 0 Å². The van der Waals surface area contributed by atoms with Gasteiger partial charge in [0.05, 0.1) is 19.0 Å². The van der Waals surface area contributed by atoms with Gasteiger partial charge in [-0.3, -0.25) is 4.90 Å². The maximum Gasteiger partial charge on any atom is 0.414 e. The summed E-state index contributed by atoms with van der Waals surface area (Å²) in [5, 5.41) is 0. The minimum absolute atomic E-state index is 0.417. The predicted molar refractivity (Wildman–Crippen MR) is 94.7 cm³/mol. The van der Waals surface area contributed by atoms with Crippen LogP contribution in [0.5, 0.6) is 5.88 Å². The van der Waals surface area contributed by atoms with E-state index in [0.717, 1.165) is 11.1 Å². The molecule has 0 atom stereocenters. The highest BCUT2D eigenvalue weighted by molar-refractivity contribution is 5.87. The Kier molecular flexibility index (Phi) is 5.44. The van der Waals surface area contributed by atoms with E-state index >= 15 is 0 Å². The lowest BCUT2D eigenvalue weighted by Gasteiger charge is -2.25. The van der Waals surface area contributed by atoms with Gasteiger partial charge >= 0.3 is 6.09 Å². The largest absolute Gasteiger partial charge is 0.481 e. The summed E-state index contributed by atoms with van der Waals surface area (Å²) in [5.74, 6) is 0.556. The van der Waals surface area contributed by atoms with Crippen LogP contribution in [0.1, 0.15) is 31.9 Å². The van der Waals surface area contributed by atoms with Crippen LogP contribution in [0.4, 0.5) is 10.5 Å². The second-order valence-electron chi connectivity index (χ2n) is 6.56. The van der Waals surface area contributed by atoms with E-state index < -0.39 is 11.7 Å². The second kappa shape index (κ2) is 7.34. The average Bonchev–Trinajstić information content (AvgIpc) is 2.53. The molecule has 0 radical (unpaired) electrons. The summed E-state index contributed by atoms with van der Waals surface area (Å²) in [5.41, 5.74) is 2.18. The molecule has 1 aromatic heterocycles. The molecule has 2 aromatic rings. The number of aromatic nitrogens is 1. The molecule has 0 N–H and O–H groups in total. The quantitative estimate of drug-likeness (QED) is 0.849. The van der Waals surface area contributed by atoms with Crippen LogP contribution >= 0.6 is 0 Å². The third kappa shape index (κ3) is 4.72. The Bertz CT molecular complexity index is 694. The van der Waals surface area contributed by atoms with Gasteiger partial charge in [0.15, 0.2) is 0 Å². The van der Waals surface area contributed by atoms with E-state index in [4.69, 9.17) is 9.47 Å². The number of amides is 1. The molecule has 0 saturated carbocycles. The summed E-state index contributed by atoms with van der Waals surface area (Å²) in [7, 11) is 3.26. The summed E-state index contributed by atoms with van der Waals surface area (Å²) in [6.45, 7) is 5.52. The molecule has 0 fully saturated rings. The Morgan fingerprint density at radius 1 is 1.21 bits per heavy atom. The van der Waals surface area contributed by atoms with Crippen LogP contribution in [0.3, 0.4) is 0 Å². The zero-order valence-corrected chi connectivity index (χ0v) is 14.9. The van der Waals surface area contributed by atoms with Crippen LogP contribution in [0.15, 0.2) is 42.6 Å². The number of ether oxygens (including phenoxy) is 2. The molecular weight excluding hydrogens is 304 g/mol. The van der Waals surface area contributed by atoms with Crippen molar-refractivity contribution < 1.29 is 14.3 Å². The van der Waals surface area contributed by atoms with Crippen molar-refractivity contribution in [2.45, 2.75) is 32.8 Å². The molecule has 0 aliphatic heterocycles. The SMILES string of the molecule is COc1ncc(N(C)C(=O)OC(C)(C)C)cc1Cc1ccccc1. The third-order valence-corrected chi connectivity index (χ3v) is 3.40. The van der Waals surface area contributed by atoms with Crippen LogP contribution < -0.4 is 9.64 Å². The maximum atomic E-state index is 12.2. The van der Waals surface area contributed by atoms with Gasteiger partial charge in [-0.1, -0.05) is 30.3 Å². The fourth-order valence-electron chi connectivity index (χ4n) is 2.23. The lowest BCUT2D eigenvalue weighted by molar-refractivity contribution is 0.0589. The number of hydrogen-bond acceptors (Lipinski definition) is 4. The van der Waals surface area contributed by atoms with Crippen molar-refractivity contribution in [3.8, 4) is 5.88 Å². The Labute approximate surface area is 143 Å². The fourth-order valence-corrected chi connectivity index (χ4v) is 2.23. The van der Waals surface area contributed by atoms with Gasteiger partial charge in [-0.15, -0.1) is 0 Å². The van der Waals surface area contributed by atoms with Crippen molar-refractivity contribution in [2.24, 2.45) is 0 Å². The average molecular weight is 328 g/mol. The summed E-state index contributed by atoms with van der Waals surface area (Å²) in [6.07, 6.45) is 1.87. The van der Waals surface area contributed by atoms with Crippen molar-refractivity contribution in [1.82, 2.24) is 4.98 Å². The summed E-state index contributed by atoms with van der Waals surface area (Å²) in [4.78, 5) is 18.0. The zero-order chi connectivity index (χ0) is 17.7. The van der Waals surface area contributed by atoms with Gasteiger partial charge in [0.25, 0.3) is 0 Å². The first-order chi connectivity index (χ1) is 11.3. The van der Waals surface area contributed by atoms with E-state index in [2.05, 4.69) is 4.98 Å². The second-order valence-corrected chi connectivity index (χ2v) is 6.56. The molecule has 0 unspecified atom stereocenters. The third-order valence-electron chi connectivity index (χ3n) is 3.40. The highest BCUT2D eigenvalue weighted by Gasteiger charge is 2.21. The molecule has 0 aliphatic carbocycles. The van der Waals surface area contributed by atoms with Crippen LogP contribution in [-0.2, 0) is 11.2 Å². The first-order valence-corrected chi connectivity index (χ1v) is 7.83. The lowest BCUT2D eigenvalue weighted by Crippen LogP contribution is -2.34. The van der Waals surface area contributed by atoms with Gasteiger partial charge in [0.2, 0.25) is 5.88 Å². The smallest absolute Gasteiger partial charge is 0.414 e. The van der Waals surface area contributed by atoms with Gasteiger partial charge in [-0.05, 0) is 32.4 Å². The molecule has 128 valence electrons. The molecule has 0 bridgehead atoms. The summed E-state index contributed by atoms with van der Waals surface area (Å²) in [6, 6.07) is 12.0. The highest BCUT2D eigenvalue weighted by Crippen LogP contribution is 2.25. The van der Waals surface area contributed by atoms with Crippen LogP contribution in [0, 0.1) is 0 Å². The number of carbonyl (C=O) groups is 1. The van der Waals surface area contributed by atoms with E-state index in [-0.39, 0.29) is 0 Å². The summed E-state index contributed by atoms with van der Waals surface area (Å²) < 4.78 is 10.7. The highest BCUT2D eigenvalue weighted by atomic mass is 16.6. The molecule has 2 rings (SSSR count). The van der Waals surface area contributed by atoms with Gasteiger partial charge in [-0.25, -0.2) is 9.78 Å². The van der Waals surface area contributed by atoms with Crippen LogP contribution in [-0.4, -0.2) is 30.8 Å². The van der Waals surface area contributed by atoms with Crippen LogP contribution in [0.25, 0.3) is 0 Å². The molecule has 5 nitrogen and oxygen atoms in total. The van der Waals surface area contributed by atoms with Gasteiger partial charge < -0.3 is 9.47 Å².